The molecule has 0 amide bonds. The van der Waals surface area contributed by atoms with Crippen LogP contribution in [0.4, 0.5) is 0 Å². The molecule has 1 saturated heterocycles. The van der Waals surface area contributed by atoms with Gasteiger partial charge in [0.25, 0.3) is 0 Å². The lowest BCUT2D eigenvalue weighted by Crippen LogP contribution is -2.32. The summed E-state index contributed by atoms with van der Waals surface area (Å²) < 4.78 is 5.61. The molecular formula is C11H16ClN3O. The van der Waals surface area contributed by atoms with Crippen LogP contribution in [0.5, 0.6) is 0 Å². The van der Waals surface area contributed by atoms with Crippen molar-refractivity contribution in [3.63, 3.8) is 0 Å². The Morgan fingerprint density at radius 3 is 3.06 bits per heavy atom. The molecule has 1 N–H and O–H groups in total. The summed E-state index contributed by atoms with van der Waals surface area (Å²) in [6.45, 7) is 3.50. The van der Waals surface area contributed by atoms with Crippen molar-refractivity contribution in [2.75, 3.05) is 19.7 Å². The Morgan fingerprint density at radius 1 is 1.44 bits per heavy atom. The van der Waals surface area contributed by atoms with Gasteiger partial charge in [-0.2, -0.15) is 5.10 Å². The van der Waals surface area contributed by atoms with Gasteiger partial charge >= 0.3 is 0 Å². The van der Waals surface area contributed by atoms with Gasteiger partial charge in [-0.3, -0.25) is 0 Å². The lowest BCUT2D eigenvalue weighted by Gasteiger charge is -2.22. The van der Waals surface area contributed by atoms with Crippen LogP contribution in [0.15, 0.2) is 12.1 Å². The average molecular weight is 242 g/mol. The first-order chi connectivity index (χ1) is 7.84. The molecule has 1 aromatic rings. The van der Waals surface area contributed by atoms with Gasteiger partial charge in [0.2, 0.25) is 0 Å². The van der Waals surface area contributed by atoms with Crippen LogP contribution in [-0.2, 0) is 11.3 Å². The normalized spacial score (nSPS) is 20.9. The Balaban J connectivity index is 1.69. The maximum absolute atomic E-state index is 5.64. The van der Waals surface area contributed by atoms with E-state index in [0.717, 1.165) is 25.4 Å². The minimum absolute atomic E-state index is 0.417. The highest BCUT2D eigenvalue weighted by Gasteiger charge is 2.12. The largest absolute Gasteiger partial charge is 0.375 e. The molecule has 1 aliphatic rings. The molecule has 0 radical (unpaired) electrons. The molecule has 0 unspecified atom stereocenters. The van der Waals surface area contributed by atoms with E-state index in [2.05, 4.69) is 15.5 Å². The Labute approximate surface area is 100 Å². The molecule has 1 fully saturated rings. The molecule has 0 aromatic carbocycles. The summed E-state index contributed by atoms with van der Waals surface area (Å²) in [6, 6.07) is 3.57. The molecule has 2 rings (SSSR count). The molecule has 0 aliphatic carbocycles. The van der Waals surface area contributed by atoms with Gasteiger partial charge in [-0.25, -0.2) is 0 Å². The number of hydrogen-bond donors (Lipinski definition) is 1. The predicted molar refractivity (Wildman–Crippen MR) is 62.3 cm³/mol. The standard InChI is InChI=1S/C11H16ClN3O/c12-11-4-3-10(14-15-11)8-16-7-9-2-1-5-13-6-9/h3-4,9,13H,1-2,5-8H2/t9-/m1/s1. The van der Waals surface area contributed by atoms with Crippen molar-refractivity contribution < 1.29 is 4.74 Å². The van der Waals surface area contributed by atoms with Crippen molar-refractivity contribution in [2.24, 2.45) is 5.92 Å². The second-order valence-electron chi connectivity index (χ2n) is 4.07. The molecule has 2 heterocycles. The zero-order valence-corrected chi connectivity index (χ0v) is 9.91. The van der Waals surface area contributed by atoms with Crippen LogP contribution in [0, 0.1) is 5.92 Å². The van der Waals surface area contributed by atoms with Crippen molar-refractivity contribution in [3.8, 4) is 0 Å². The topological polar surface area (TPSA) is 47.0 Å². The number of nitrogens with one attached hydrogen (secondary N) is 1. The van der Waals surface area contributed by atoms with Gasteiger partial charge in [0.15, 0.2) is 5.15 Å². The van der Waals surface area contributed by atoms with E-state index in [4.69, 9.17) is 16.3 Å². The molecule has 16 heavy (non-hydrogen) atoms. The molecular weight excluding hydrogens is 226 g/mol. The lowest BCUT2D eigenvalue weighted by molar-refractivity contribution is 0.0759. The van der Waals surface area contributed by atoms with E-state index in [1.807, 2.05) is 6.07 Å². The van der Waals surface area contributed by atoms with E-state index in [9.17, 15) is 0 Å². The first-order valence-corrected chi connectivity index (χ1v) is 5.99. The molecule has 88 valence electrons. The number of nitrogens with zero attached hydrogens (tertiary/aromatic N) is 2. The minimum Gasteiger partial charge on any atom is -0.375 e. The van der Waals surface area contributed by atoms with Crippen LogP contribution in [-0.4, -0.2) is 29.9 Å². The number of rotatable bonds is 4. The minimum atomic E-state index is 0.417. The summed E-state index contributed by atoms with van der Waals surface area (Å²) in [7, 11) is 0. The van der Waals surface area contributed by atoms with Crippen LogP contribution in [0.3, 0.4) is 0 Å². The first kappa shape index (κ1) is 11.8. The van der Waals surface area contributed by atoms with Crippen molar-refractivity contribution >= 4 is 11.6 Å². The smallest absolute Gasteiger partial charge is 0.151 e. The van der Waals surface area contributed by atoms with Crippen LogP contribution >= 0.6 is 11.6 Å². The number of piperidine rings is 1. The monoisotopic (exact) mass is 241 g/mol. The Bertz CT molecular complexity index is 312. The van der Waals surface area contributed by atoms with Gasteiger partial charge in [-0.15, -0.1) is 5.10 Å². The van der Waals surface area contributed by atoms with Crippen LogP contribution in [0.2, 0.25) is 5.15 Å². The summed E-state index contributed by atoms with van der Waals surface area (Å²) in [5, 5.41) is 11.5. The highest BCUT2D eigenvalue weighted by atomic mass is 35.5. The number of hydrogen-bond acceptors (Lipinski definition) is 4. The number of halogens is 1. The molecule has 1 aliphatic heterocycles. The second kappa shape index (κ2) is 6.13. The summed E-state index contributed by atoms with van der Waals surface area (Å²) in [4.78, 5) is 0. The van der Waals surface area contributed by atoms with Crippen molar-refractivity contribution in [1.82, 2.24) is 15.5 Å². The van der Waals surface area contributed by atoms with Gasteiger partial charge in [0.05, 0.1) is 18.9 Å². The Hall–Kier alpha value is -0.710. The molecule has 1 atom stereocenters. The van der Waals surface area contributed by atoms with Crippen LogP contribution in [0.25, 0.3) is 0 Å². The SMILES string of the molecule is Clc1ccc(COC[C@@H]2CCCNC2)nn1. The molecule has 0 bridgehead atoms. The zero-order valence-electron chi connectivity index (χ0n) is 9.16. The molecule has 1 aromatic heterocycles. The van der Waals surface area contributed by atoms with Gasteiger partial charge in [0, 0.05) is 6.54 Å². The maximum atomic E-state index is 5.64. The summed E-state index contributed by atoms with van der Waals surface area (Å²) in [5.41, 5.74) is 0.827. The van der Waals surface area contributed by atoms with E-state index < -0.39 is 0 Å². The molecule has 0 spiro atoms. The maximum Gasteiger partial charge on any atom is 0.151 e. The zero-order chi connectivity index (χ0) is 11.2. The Morgan fingerprint density at radius 2 is 2.38 bits per heavy atom. The third kappa shape index (κ3) is 3.70. The highest BCUT2D eigenvalue weighted by molar-refractivity contribution is 6.29. The van der Waals surface area contributed by atoms with E-state index >= 15 is 0 Å². The third-order valence-corrected chi connectivity index (χ3v) is 2.89. The van der Waals surface area contributed by atoms with Crippen molar-refractivity contribution in [1.29, 1.82) is 0 Å². The first-order valence-electron chi connectivity index (χ1n) is 5.61. The van der Waals surface area contributed by atoms with Gasteiger partial charge < -0.3 is 10.1 Å². The predicted octanol–water partition coefficient (Wildman–Crippen LogP) is 1.65. The Kier molecular flexibility index (Phi) is 4.51. The van der Waals surface area contributed by atoms with Crippen molar-refractivity contribution in [2.45, 2.75) is 19.4 Å². The fourth-order valence-corrected chi connectivity index (χ4v) is 1.92. The quantitative estimate of drug-likeness (QED) is 0.871. The van der Waals surface area contributed by atoms with Crippen molar-refractivity contribution in [3.05, 3.63) is 23.0 Å². The molecule has 5 heteroatoms. The van der Waals surface area contributed by atoms with Gasteiger partial charge in [-0.1, -0.05) is 11.6 Å². The summed E-state index contributed by atoms with van der Waals surface area (Å²) >= 11 is 5.64. The fraction of sp³-hybridized carbons (Fsp3) is 0.636. The van der Waals surface area contributed by atoms with E-state index in [1.54, 1.807) is 6.07 Å². The van der Waals surface area contributed by atoms with Gasteiger partial charge in [0.1, 0.15) is 0 Å². The van der Waals surface area contributed by atoms with E-state index in [0.29, 0.717) is 17.7 Å². The molecule has 0 saturated carbocycles. The van der Waals surface area contributed by atoms with Crippen LogP contribution in [0.1, 0.15) is 18.5 Å². The van der Waals surface area contributed by atoms with Crippen LogP contribution < -0.4 is 5.32 Å². The summed E-state index contributed by atoms with van der Waals surface area (Å²) in [6.07, 6.45) is 2.49. The second-order valence-corrected chi connectivity index (χ2v) is 4.46. The molecule has 4 nitrogen and oxygen atoms in total. The highest BCUT2D eigenvalue weighted by Crippen LogP contribution is 2.11. The average Bonchev–Trinajstić information content (AvgIpc) is 2.33. The third-order valence-electron chi connectivity index (χ3n) is 2.69. The van der Waals surface area contributed by atoms with Gasteiger partial charge in [-0.05, 0) is 37.4 Å². The number of aromatic nitrogens is 2. The lowest BCUT2D eigenvalue weighted by atomic mass is 10.0. The fourth-order valence-electron chi connectivity index (χ4n) is 1.82. The van der Waals surface area contributed by atoms with E-state index in [1.165, 1.54) is 12.8 Å². The number of ether oxygens (including phenoxy) is 1. The van der Waals surface area contributed by atoms with E-state index in [-0.39, 0.29) is 0 Å². The summed E-state index contributed by atoms with van der Waals surface area (Å²) in [5.74, 6) is 0.633.